The molecule has 0 atom stereocenters. The summed E-state index contributed by atoms with van der Waals surface area (Å²) in [5.74, 6) is 0.680. The molecule has 3 rings (SSSR count). The molecule has 8 nitrogen and oxygen atoms in total. The number of carbonyl (C=O) groups excluding carboxylic acids is 1. The van der Waals surface area contributed by atoms with E-state index in [9.17, 15) is 4.79 Å². The van der Waals surface area contributed by atoms with Gasteiger partial charge in [0.05, 0.1) is 32.2 Å². The molecule has 0 saturated carbocycles. The predicted molar refractivity (Wildman–Crippen MR) is 99.6 cm³/mol. The van der Waals surface area contributed by atoms with Crippen LogP contribution in [0.2, 0.25) is 0 Å². The first-order valence-electron chi connectivity index (χ1n) is 8.20. The van der Waals surface area contributed by atoms with Gasteiger partial charge in [-0.25, -0.2) is 4.68 Å². The summed E-state index contributed by atoms with van der Waals surface area (Å²) in [5.41, 5.74) is 1.98. The lowest BCUT2D eigenvalue weighted by Crippen LogP contribution is -2.16. The van der Waals surface area contributed by atoms with Gasteiger partial charge in [0.25, 0.3) is 5.91 Å². The molecule has 27 heavy (non-hydrogen) atoms. The van der Waals surface area contributed by atoms with Crippen molar-refractivity contribution in [3.63, 3.8) is 0 Å². The van der Waals surface area contributed by atoms with E-state index in [1.165, 1.54) is 7.11 Å². The van der Waals surface area contributed by atoms with E-state index < -0.39 is 5.91 Å². The Morgan fingerprint density at radius 2 is 1.85 bits per heavy atom. The minimum absolute atomic E-state index is 0.172. The van der Waals surface area contributed by atoms with Crippen LogP contribution in [0.4, 0.5) is 5.69 Å². The normalized spacial score (nSPS) is 10.5. The monoisotopic (exact) mass is 368 g/mol. The fourth-order valence-corrected chi connectivity index (χ4v) is 2.61. The van der Waals surface area contributed by atoms with Crippen LogP contribution in [-0.2, 0) is 11.3 Å². The Morgan fingerprint density at radius 1 is 1.07 bits per heavy atom. The molecule has 0 aliphatic carbocycles. The molecule has 0 fully saturated rings. The molecule has 0 aliphatic heterocycles. The fourth-order valence-electron chi connectivity index (χ4n) is 2.61. The lowest BCUT2D eigenvalue weighted by atomic mass is 10.2. The van der Waals surface area contributed by atoms with Crippen LogP contribution in [0.25, 0.3) is 5.69 Å². The third-order valence-corrected chi connectivity index (χ3v) is 3.91. The summed E-state index contributed by atoms with van der Waals surface area (Å²) < 4.78 is 17.3. The SMILES string of the molecule is COCc1c(C(=O)Nc2cc(OC)ccc2OC)nnn1-c1ccccc1. The van der Waals surface area contributed by atoms with Gasteiger partial charge < -0.3 is 19.5 Å². The number of para-hydroxylation sites is 1. The van der Waals surface area contributed by atoms with E-state index >= 15 is 0 Å². The van der Waals surface area contributed by atoms with Crippen LogP contribution in [-0.4, -0.2) is 42.2 Å². The number of anilines is 1. The van der Waals surface area contributed by atoms with E-state index in [2.05, 4.69) is 15.6 Å². The number of nitrogens with zero attached hydrogens (tertiary/aromatic N) is 3. The number of ether oxygens (including phenoxy) is 3. The van der Waals surface area contributed by atoms with Crippen molar-refractivity contribution in [2.75, 3.05) is 26.6 Å². The molecule has 3 aromatic rings. The molecule has 0 aliphatic rings. The standard InChI is InChI=1S/C19H20N4O4/c1-25-12-16-18(21-22-23(16)13-7-5-4-6-8-13)19(24)20-15-11-14(26-2)9-10-17(15)27-3/h4-11H,12H2,1-3H3,(H,20,24). The molecule has 0 spiro atoms. The first-order valence-corrected chi connectivity index (χ1v) is 8.20. The second kappa shape index (κ2) is 8.33. The summed E-state index contributed by atoms with van der Waals surface area (Å²) in [7, 11) is 4.63. The Balaban J connectivity index is 1.95. The van der Waals surface area contributed by atoms with Gasteiger partial charge in [-0.1, -0.05) is 23.4 Å². The Kier molecular flexibility index (Phi) is 5.68. The van der Waals surface area contributed by atoms with Crippen LogP contribution in [0.1, 0.15) is 16.2 Å². The molecular formula is C19H20N4O4. The van der Waals surface area contributed by atoms with E-state index in [4.69, 9.17) is 14.2 Å². The van der Waals surface area contributed by atoms with Crippen LogP contribution in [0.15, 0.2) is 48.5 Å². The van der Waals surface area contributed by atoms with E-state index in [0.717, 1.165) is 5.69 Å². The third-order valence-electron chi connectivity index (χ3n) is 3.91. The minimum atomic E-state index is -0.421. The van der Waals surface area contributed by atoms with Gasteiger partial charge in [0, 0.05) is 13.2 Å². The first-order chi connectivity index (χ1) is 13.2. The van der Waals surface area contributed by atoms with Crippen LogP contribution >= 0.6 is 0 Å². The highest BCUT2D eigenvalue weighted by molar-refractivity contribution is 6.04. The van der Waals surface area contributed by atoms with Crippen LogP contribution in [0.5, 0.6) is 11.5 Å². The Labute approximate surface area is 156 Å². The molecule has 0 bridgehead atoms. The molecule has 140 valence electrons. The fraction of sp³-hybridized carbons (Fsp3) is 0.211. The highest BCUT2D eigenvalue weighted by Gasteiger charge is 2.22. The largest absolute Gasteiger partial charge is 0.497 e. The highest BCUT2D eigenvalue weighted by Crippen LogP contribution is 2.29. The molecular weight excluding hydrogens is 348 g/mol. The van der Waals surface area contributed by atoms with Crippen molar-refractivity contribution in [2.45, 2.75) is 6.61 Å². The van der Waals surface area contributed by atoms with E-state index in [1.807, 2.05) is 30.3 Å². The van der Waals surface area contributed by atoms with Crippen molar-refractivity contribution in [1.82, 2.24) is 15.0 Å². The Hall–Kier alpha value is -3.39. The van der Waals surface area contributed by atoms with Crippen LogP contribution < -0.4 is 14.8 Å². The summed E-state index contributed by atoms with van der Waals surface area (Å²) >= 11 is 0. The van der Waals surface area contributed by atoms with Gasteiger partial charge in [0.15, 0.2) is 5.69 Å². The lowest BCUT2D eigenvalue weighted by molar-refractivity contribution is 0.101. The number of nitrogens with one attached hydrogen (secondary N) is 1. The average molecular weight is 368 g/mol. The zero-order chi connectivity index (χ0) is 19.2. The molecule has 2 aromatic carbocycles. The Bertz CT molecular complexity index is 925. The summed E-state index contributed by atoms with van der Waals surface area (Å²) in [6.45, 7) is 0.180. The quantitative estimate of drug-likeness (QED) is 0.690. The molecule has 0 radical (unpaired) electrons. The molecule has 1 aromatic heterocycles. The van der Waals surface area contributed by atoms with E-state index in [0.29, 0.717) is 22.9 Å². The van der Waals surface area contributed by atoms with Crippen molar-refractivity contribution < 1.29 is 19.0 Å². The molecule has 0 saturated heterocycles. The maximum atomic E-state index is 12.8. The van der Waals surface area contributed by atoms with Gasteiger partial charge in [-0.05, 0) is 24.3 Å². The van der Waals surface area contributed by atoms with E-state index in [1.54, 1.807) is 37.1 Å². The van der Waals surface area contributed by atoms with Crippen LogP contribution in [0, 0.1) is 0 Å². The minimum Gasteiger partial charge on any atom is -0.497 e. The molecule has 8 heteroatoms. The molecule has 1 amide bonds. The summed E-state index contributed by atoms with van der Waals surface area (Å²) in [6.07, 6.45) is 0. The van der Waals surface area contributed by atoms with Crippen molar-refractivity contribution in [2.24, 2.45) is 0 Å². The average Bonchev–Trinajstić information content (AvgIpc) is 3.12. The summed E-state index contributed by atoms with van der Waals surface area (Å²) in [5, 5.41) is 11.0. The predicted octanol–water partition coefficient (Wildman–Crippen LogP) is 2.68. The van der Waals surface area contributed by atoms with Gasteiger partial charge in [0.1, 0.15) is 17.2 Å². The number of amides is 1. The van der Waals surface area contributed by atoms with Crippen molar-refractivity contribution in [3.8, 4) is 17.2 Å². The Morgan fingerprint density at radius 3 is 2.52 bits per heavy atom. The third kappa shape index (κ3) is 3.90. The number of aromatic nitrogens is 3. The van der Waals surface area contributed by atoms with Crippen molar-refractivity contribution in [3.05, 3.63) is 59.9 Å². The number of carbonyl (C=O) groups is 1. The summed E-state index contributed by atoms with van der Waals surface area (Å²) in [4.78, 5) is 12.8. The summed E-state index contributed by atoms with van der Waals surface area (Å²) in [6, 6.07) is 14.6. The maximum absolute atomic E-state index is 12.8. The lowest BCUT2D eigenvalue weighted by Gasteiger charge is -2.12. The molecule has 1 N–H and O–H groups in total. The van der Waals surface area contributed by atoms with Crippen molar-refractivity contribution >= 4 is 11.6 Å². The van der Waals surface area contributed by atoms with E-state index in [-0.39, 0.29) is 12.3 Å². The van der Waals surface area contributed by atoms with Gasteiger partial charge in [-0.3, -0.25) is 4.79 Å². The number of benzene rings is 2. The highest BCUT2D eigenvalue weighted by atomic mass is 16.5. The topological polar surface area (TPSA) is 87.5 Å². The van der Waals surface area contributed by atoms with Gasteiger partial charge in [-0.15, -0.1) is 5.10 Å². The number of hydrogen-bond acceptors (Lipinski definition) is 6. The van der Waals surface area contributed by atoms with Crippen LogP contribution in [0.3, 0.4) is 0 Å². The smallest absolute Gasteiger partial charge is 0.278 e. The second-order valence-electron chi connectivity index (χ2n) is 5.59. The van der Waals surface area contributed by atoms with Crippen molar-refractivity contribution in [1.29, 1.82) is 0 Å². The molecule has 1 heterocycles. The van der Waals surface area contributed by atoms with Gasteiger partial charge >= 0.3 is 0 Å². The zero-order valence-electron chi connectivity index (χ0n) is 15.3. The first kappa shape index (κ1) is 18.4. The van der Waals surface area contributed by atoms with Gasteiger partial charge in [0.2, 0.25) is 0 Å². The number of rotatable bonds is 7. The van der Waals surface area contributed by atoms with Gasteiger partial charge in [-0.2, -0.15) is 0 Å². The molecule has 0 unspecified atom stereocenters. The number of methoxy groups -OCH3 is 3. The number of hydrogen-bond donors (Lipinski definition) is 1. The zero-order valence-corrected chi connectivity index (χ0v) is 15.3. The second-order valence-corrected chi connectivity index (χ2v) is 5.59. The maximum Gasteiger partial charge on any atom is 0.278 e.